The van der Waals surface area contributed by atoms with Crippen LogP contribution < -0.4 is 4.74 Å². The number of benzene rings is 1. The number of fused-ring (bicyclic) bond motifs is 1. The van der Waals surface area contributed by atoms with Crippen LogP contribution in [0.25, 0.3) is 22.4 Å². The molecule has 0 aliphatic rings. The molecule has 0 fully saturated rings. The Labute approximate surface area is 118 Å². The second kappa shape index (κ2) is 4.68. The van der Waals surface area contributed by atoms with Gasteiger partial charge in [0.1, 0.15) is 11.2 Å². The van der Waals surface area contributed by atoms with Crippen LogP contribution in [-0.4, -0.2) is 27.0 Å². The molecule has 1 aromatic carbocycles. The maximum Gasteiger partial charge on any atom is 0.318 e. The summed E-state index contributed by atoms with van der Waals surface area (Å²) in [6.07, 6.45) is 1.55. The van der Waals surface area contributed by atoms with Crippen LogP contribution in [0.1, 0.15) is 0 Å². The first-order valence-electron chi connectivity index (χ1n) is 5.39. The fourth-order valence-corrected chi connectivity index (χ4v) is 2.28. The van der Waals surface area contributed by atoms with Crippen LogP contribution in [0, 0.1) is 0 Å². The maximum absolute atomic E-state index is 6.21. The number of aromatic amines is 1. The van der Waals surface area contributed by atoms with E-state index in [1.54, 1.807) is 24.5 Å². The smallest absolute Gasteiger partial charge is 0.318 e. The lowest BCUT2D eigenvalue weighted by atomic mass is 10.1. The standard InChI is InChI=1S/C12H8Cl2N4O/c1-19-12-17-9(10-11(18-12)16-5-15-10)7-3-2-6(13)4-8(7)14/h2-5H,1H3,(H,15,16,17,18). The molecule has 5 nitrogen and oxygen atoms in total. The number of ether oxygens (including phenoxy) is 1. The van der Waals surface area contributed by atoms with Gasteiger partial charge >= 0.3 is 6.01 Å². The maximum atomic E-state index is 6.21. The summed E-state index contributed by atoms with van der Waals surface area (Å²) in [5, 5.41) is 1.07. The second-order valence-electron chi connectivity index (χ2n) is 3.78. The summed E-state index contributed by atoms with van der Waals surface area (Å²) < 4.78 is 5.07. The van der Waals surface area contributed by atoms with Gasteiger partial charge in [-0.25, -0.2) is 4.98 Å². The van der Waals surface area contributed by atoms with E-state index in [2.05, 4.69) is 19.9 Å². The Morgan fingerprint density at radius 1 is 1.21 bits per heavy atom. The molecule has 0 aliphatic carbocycles. The van der Waals surface area contributed by atoms with Crippen molar-refractivity contribution in [2.75, 3.05) is 7.11 Å². The number of aromatic nitrogens is 4. The molecule has 3 aromatic rings. The third kappa shape index (κ3) is 2.11. The first kappa shape index (κ1) is 12.2. The Morgan fingerprint density at radius 3 is 2.79 bits per heavy atom. The van der Waals surface area contributed by atoms with E-state index in [0.29, 0.717) is 26.9 Å². The van der Waals surface area contributed by atoms with Crippen molar-refractivity contribution >= 4 is 34.4 Å². The van der Waals surface area contributed by atoms with Crippen molar-refractivity contribution in [2.24, 2.45) is 0 Å². The number of hydrogen-bond acceptors (Lipinski definition) is 4. The summed E-state index contributed by atoms with van der Waals surface area (Å²) in [6.45, 7) is 0. The minimum absolute atomic E-state index is 0.237. The Kier molecular flexibility index (Phi) is 3.00. The largest absolute Gasteiger partial charge is 0.467 e. The third-order valence-corrected chi connectivity index (χ3v) is 3.18. The lowest BCUT2D eigenvalue weighted by molar-refractivity contribution is 0.382. The number of rotatable bonds is 2. The molecule has 0 atom stereocenters. The second-order valence-corrected chi connectivity index (χ2v) is 4.63. The Balaban J connectivity index is 2.31. The quantitative estimate of drug-likeness (QED) is 0.787. The van der Waals surface area contributed by atoms with E-state index in [4.69, 9.17) is 27.9 Å². The fraction of sp³-hybridized carbons (Fsp3) is 0.0833. The van der Waals surface area contributed by atoms with Gasteiger partial charge in [-0.05, 0) is 18.2 Å². The minimum atomic E-state index is 0.237. The van der Waals surface area contributed by atoms with Crippen molar-refractivity contribution in [3.05, 3.63) is 34.6 Å². The van der Waals surface area contributed by atoms with E-state index in [1.807, 2.05) is 0 Å². The van der Waals surface area contributed by atoms with Gasteiger partial charge in [-0.1, -0.05) is 23.2 Å². The molecule has 96 valence electrons. The molecule has 0 aliphatic heterocycles. The van der Waals surface area contributed by atoms with Gasteiger partial charge in [-0.2, -0.15) is 9.97 Å². The van der Waals surface area contributed by atoms with Gasteiger partial charge in [-0.15, -0.1) is 0 Å². The highest BCUT2D eigenvalue weighted by Gasteiger charge is 2.14. The summed E-state index contributed by atoms with van der Waals surface area (Å²) in [6, 6.07) is 5.45. The van der Waals surface area contributed by atoms with E-state index in [0.717, 1.165) is 5.56 Å². The summed E-state index contributed by atoms with van der Waals surface area (Å²) >= 11 is 12.1. The molecular formula is C12H8Cl2N4O. The van der Waals surface area contributed by atoms with Gasteiger partial charge in [0.2, 0.25) is 0 Å². The molecule has 0 saturated heterocycles. The number of hydrogen-bond donors (Lipinski definition) is 1. The fourth-order valence-electron chi connectivity index (χ4n) is 1.78. The molecule has 0 amide bonds. The van der Waals surface area contributed by atoms with E-state index in [9.17, 15) is 0 Å². The molecule has 19 heavy (non-hydrogen) atoms. The van der Waals surface area contributed by atoms with Crippen LogP contribution in [0.2, 0.25) is 10.0 Å². The summed E-state index contributed by atoms with van der Waals surface area (Å²) in [5.74, 6) is 0. The van der Waals surface area contributed by atoms with Crippen LogP contribution in [-0.2, 0) is 0 Å². The summed E-state index contributed by atoms with van der Waals surface area (Å²) in [5.41, 5.74) is 2.58. The van der Waals surface area contributed by atoms with E-state index >= 15 is 0 Å². The Bertz CT molecular complexity index is 757. The third-order valence-electron chi connectivity index (χ3n) is 2.63. The molecule has 0 radical (unpaired) electrons. The Morgan fingerprint density at radius 2 is 2.05 bits per heavy atom. The van der Waals surface area contributed by atoms with Gasteiger partial charge in [0.05, 0.1) is 18.5 Å². The SMILES string of the molecule is COc1nc(-c2ccc(Cl)cc2Cl)c2[nH]cnc2n1. The molecule has 0 saturated carbocycles. The number of nitrogens with zero attached hydrogens (tertiary/aromatic N) is 3. The van der Waals surface area contributed by atoms with Crippen LogP contribution in [0.4, 0.5) is 0 Å². The number of halogens is 2. The normalized spacial score (nSPS) is 10.9. The lowest BCUT2D eigenvalue weighted by Crippen LogP contribution is -1.96. The molecule has 2 aromatic heterocycles. The van der Waals surface area contributed by atoms with Gasteiger partial charge in [0, 0.05) is 10.6 Å². The van der Waals surface area contributed by atoms with Crippen molar-refractivity contribution in [3.8, 4) is 17.3 Å². The first-order valence-corrected chi connectivity index (χ1v) is 6.15. The number of methoxy groups -OCH3 is 1. The molecule has 2 heterocycles. The van der Waals surface area contributed by atoms with E-state index in [1.165, 1.54) is 7.11 Å². The van der Waals surface area contributed by atoms with Crippen LogP contribution in [0.3, 0.4) is 0 Å². The van der Waals surface area contributed by atoms with Gasteiger partial charge in [0.25, 0.3) is 0 Å². The highest BCUT2D eigenvalue weighted by molar-refractivity contribution is 6.36. The molecule has 1 N–H and O–H groups in total. The van der Waals surface area contributed by atoms with Gasteiger partial charge in [-0.3, -0.25) is 0 Å². The minimum Gasteiger partial charge on any atom is -0.467 e. The first-order chi connectivity index (χ1) is 9.19. The van der Waals surface area contributed by atoms with E-state index < -0.39 is 0 Å². The lowest BCUT2D eigenvalue weighted by Gasteiger charge is -2.06. The van der Waals surface area contributed by atoms with Gasteiger partial charge in [0.15, 0.2) is 5.65 Å². The van der Waals surface area contributed by atoms with Crippen molar-refractivity contribution in [1.29, 1.82) is 0 Å². The monoisotopic (exact) mass is 294 g/mol. The van der Waals surface area contributed by atoms with Gasteiger partial charge < -0.3 is 9.72 Å². The average molecular weight is 295 g/mol. The summed E-state index contributed by atoms with van der Waals surface area (Å²) in [7, 11) is 1.50. The molecule has 7 heteroatoms. The predicted molar refractivity (Wildman–Crippen MR) is 73.7 cm³/mol. The van der Waals surface area contributed by atoms with Crippen LogP contribution in [0.15, 0.2) is 24.5 Å². The zero-order valence-electron chi connectivity index (χ0n) is 9.82. The number of imidazole rings is 1. The molecule has 3 rings (SSSR count). The van der Waals surface area contributed by atoms with Crippen molar-refractivity contribution in [3.63, 3.8) is 0 Å². The molecule has 0 bridgehead atoms. The van der Waals surface area contributed by atoms with Crippen molar-refractivity contribution < 1.29 is 4.74 Å². The van der Waals surface area contributed by atoms with Crippen LogP contribution in [0.5, 0.6) is 6.01 Å². The molecular weight excluding hydrogens is 287 g/mol. The van der Waals surface area contributed by atoms with Crippen molar-refractivity contribution in [2.45, 2.75) is 0 Å². The van der Waals surface area contributed by atoms with E-state index in [-0.39, 0.29) is 6.01 Å². The predicted octanol–water partition coefficient (Wildman–Crippen LogP) is 3.34. The zero-order valence-corrected chi connectivity index (χ0v) is 11.3. The van der Waals surface area contributed by atoms with Crippen molar-refractivity contribution in [1.82, 2.24) is 19.9 Å². The van der Waals surface area contributed by atoms with Crippen LogP contribution >= 0.6 is 23.2 Å². The highest BCUT2D eigenvalue weighted by Crippen LogP contribution is 2.33. The zero-order chi connectivity index (χ0) is 13.4. The molecule has 0 spiro atoms. The Hall–Kier alpha value is -1.85. The highest BCUT2D eigenvalue weighted by atomic mass is 35.5. The average Bonchev–Trinajstić information content (AvgIpc) is 2.86. The number of H-pyrrole nitrogens is 1. The summed E-state index contributed by atoms with van der Waals surface area (Å²) in [4.78, 5) is 15.6. The molecule has 0 unspecified atom stereocenters. The number of nitrogens with one attached hydrogen (secondary N) is 1. The topological polar surface area (TPSA) is 63.7 Å².